The minimum Gasteiger partial charge on any atom is -0.457 e. The molecule has 2 aromatic carbocycles. The van der Waals surface area contributed by atoms with Gasteiger partial charge in [0.05, 0.1) is 11.8 Å². The molecule has 0 unspecified atom stereocenters. The first-order chi connectivity index (χ1) is 12.2. The molecule has 128 valence electrons. The number of hydrogen-bond donors (Lipinski definition) is 0. The van der Waals surface area contributed by atoms with Crippen molar-refractivity contribution in [2.45, 2.75) is 30.4 Å². The molecule has 25 heavy (non-hydrogen) atoms. The van der Waals surface area contributed by atoms with Gasteiger partial charge in [-0.2, -0.15) is 0 Å². The monoisotopic (exact) mass is 374 g/mol. The first kappa shape index (κ1) is 16.4. The molecule has 1 saturated carbocycles. The van der Waals surface area contributed by atoms with Crippen LogP contribution in [0.25, 0.3) is 10.8 Å². The molecule has 0 radical (unpaired) electrons. The largest absolute Gasteiger partial charge is 0.457 e. The summed E-state index contributed by atoms with van der Waals surface area (Å²) in [5, 5.41) is 14.2. The van der Waals surface area contributed by atoms with E-state index in [9.17, 15) is 4.79 Å². The molecule has 1 aliphatic rings. The molecule has 0 atom stereocenters. The number of rotatable bonds is 6. The highest BCUT2D eigenvalue weighted by molar-refractivity contribution is 8.00. The van der Waals surface area contributed by atoms with Crippen LogP contribution in [-0.4, -0.2) is 31.9 Å². The summed E-state index contributed by atoms with van der Waals surface area (Å²) in [6, 6.07) is 12.0. The molecular formula is C17H15ClN4O2S. The van der Waals surface area contributed by atoms with Crippen molar-refractivity contribution in [2.75, 3.05) is 5.75 Å². The zero-order valence-corrected chi connectivity index (χ0v) is 14.8. The number of thioether (sulfide) groups is 1. The average Bonchev–Trinajstić information content (AvgIpc) is 3.36. The fourth-order valence-electron chi connectivity index (χ4n) is 2.62. The number of nitrogens with zero attached hydrogens (tertiary/aromatic N) is 4. The van der Waals surface area contributed by atoms with Gasteiger partial charge in [-0.15, -0.1) is 16.9 Å². The van der Waals surface area contributed by atoms with Gasteiger partial charge in [0, 0.05) is 15.3 Å². The van der Waals surface area contributed by atoms with Gasteiger partial charge in [-0.25, -0.2) is 4.68 Å². The van der Waals surface area contributed by atoms with Crippen molar-refractivity contribution < 1.29 is 9.53 Å². The molecule has 0 bridgehead atoms. The molecule has 0 aliphatic heterocycles. The lowest BCUT2D eigenvalue weighted by Gasteiger charge is -2.08. The normalized spacial score (nSPS) is 14.0. The summed E-state index contributed by atoms with van der Waals surface area (Å²) in [5.74, 6) is 0.489. The molecule has 8 heteroatoms. The van der Waals surface area contributed by atoms with Crippen molar-refractivity contribution >= 4 is 40.1 Å². The van der Waals surface area contributed by atoms with Gasteiger partial charge in [0.25, 0.3) is 0 Å². The van der Waals surface area contributed by atoms with Gasteiger partial charge >= 0.3 is 5.97 Å². The smallest absolute Gasteiger partial charge is 0.316 e. The van der Waals surface area contributed by atoms with Crippen molar-refractivity contribution in [1.82, 2.24) is 20.2 Å². The highest BCUT2D eigenvalue weighted by Gasteiger charge is 2.28. The Balaban J connectivity index is 1.38. The molecule has 3 aromatic rings. The Bertz CT molecular complexity index is 921. The molecule has 1 fully saturated rings. The van der Waals surface area contributed by atoms with E-state index < -0.39 is 0 Å². The maximum Gasteiger partial charge on any atom is 0.316 e. The van der Waals surface area contributed by atoms with Crippen LogP contribution in [-0.2, 0) is 16.1 Å². The van der Waals surface area contributed by atoms with E-state index in [-0.39, 0.29) is 18.3 Å². The molecule has 0 N–H and O–H groups in total. The Kier molecular flexibility index (Phi) is 4.59. The summed E-state index contributed by atoms with van der Waals surface area (Å²) in [6.07, 6.45) is 2.15. The van der Waals surface area contributed by atoms with E-state index in [0.717, 1.165) is 28.5 Å². The summed E-state index contributed by atoms with van der Waals surface area (Å²) in [5.41, 5.74) is 0. The number of benzene rings is 2. The van der Waals surface area contributed by atoms with Crippen LogP contribution in [0.3, 0.4) is 0 Å². The van der Waals surface area contributed by atoms with E-state index in [1.165, 1.54) is 11.8 Å². The molecule has 6 nitrogen and oxygen atoms in total. The Morgan fingerprint density at radius 2 is 2.08 bits per heavy atom. The number of esters is 1. The summed E-state index contributed by atoms with van der Waals surface area (Å²) >= 11 is 7.72. The van der Waals surface area contributed by atoms with Crippen molar-refractivity contribution in [1.29, 1.82) is 0 Å². The number of aromatic nitrogens is 4. The summed E-state index contributed by atoms with van der Waals surface area (Å²) < 4.78 is 7.05. The first-order valence-electron chi connectivity index (χ1n) is 7.95. The van der Waals surface area contributed by atoms with E-state index >= 15 is 0 Å². The second-order valence-electron chi connectivity index (χ2n) is 5.81. The van der Waals surface area contributed by atoms with E-state index in [1.807, 2.05) is 36.4 Å². The molecule has 0 spiro atoms. The van der Waals surface area contributed by atoms with Crippen LogP contribution in [0.5, 0.6) is 0 Å². The number of ether oxygens (including phenoxy) is 1. The highest BCUT2D eigenvalue weighted by Crippen LogP contribution is 2.35. The fraction of sp³-hybridized carbons (Fsp3) is 0.294. The van der Waals surface area contributed by atoms with E-state index in [4.69, 9.17) is 16.3 Å². The highest BCUT2D eigenvalue weighted by atomic mass is 35.5. The summed E-state index contributed by atoms with van der Waals surface area (Å²) in [4.78, 5) is 13.0. The van der Waals surface area contributed by atoms with Crippen molar-refractivity contribution in [3.8, 4) is 0 Å². The predicted octanol–water partition coefficient (Wildman–Crippen LogP) is 3.65. The van der Waals surface area contributed by atoms with Crippen LogP contribution in [0.15, 0.2) is 41.3 Å². The van der Waals surface area contributed by atoms with E-state index in [0.29, 0.717) is 16.9 Å². The van der Waals surface area contributed by atoms with Crippen LogP contribution >= 0.6 is 23.4 Å². The SMILES string of the molecule is O=C(CSc1cccc2cccc(Cl)c12)OCc1nnnn1C1CC1. The lowest BCUT2D eigenvalue weighted by Crippen LogP contribution is -2.11. The first-order valence-corrected chi connectivity index (χ1v) is 9.31. The summed E-state index contributed by atoms with van der Waals surface area (Å²) in [6.45, 7) is 0.0964. The van der Waals surface area contributed by atoms with Crippen molar-refractivity contribution in [3.05, 3.63) is 47.2 Å². The number of tetrazole rings is 1. The minimum atomic E-state index is -0.306. The standard InChI is InChI=1S/C17H15ClN4O2S/c18-13-5-1-3-11-4-2-6-14(17(11)13)25-10-16(23)24-9-15-19-20-21-22(15)12-7-8-12/h1-6,12H,7-10H2. The third-order valence-corrected chi connectivity index (χ3v) is 5.32. The molecule has 4 rings (SSSR count). The van der Waals surface area contributed by atoms with E-state index in [2.05, 4.69) is 15.5 Å². The Morgan fingerprint density at radius 3 is 2.88 bits per heavy atom. The number of fused-ring (bicyclic) bond motifs is 1. The number of carbonyl (C=O) groups excluding carboxylic acids is 1. The molecule has 0 amide bonds. The van der Waals surface area contributed by atoms with Gasteiger partial charge in [0.15, 0.2) is 12.4 Å². The second kappa shape index (κ2) is 7.01. The molecule has 1 heterocycles. The lowest BCUT2D eigenvalue weighted by molar-refractivity contribution is -0.142. The molecular weight excluding hydrogens is 360 g/mol. The quantitative estimate of drug-likeness (QED) is 0.484. The van der Waals surface area contributed by atoms with Crippen LogP contribution < -0.4 is 0 Å². The minimum absolute atomic E-state index is 0.0964. The lowest BCUT2D eigenvalue weighted by atomic mass is 10.1. The van der Waals surface area contributed by atoms with Gasteiger partial charge < -0.3 is 4.74 Å². The number of hydrogen-bond acceptors (Lipinski definition) is 6. The predicted molar refractivity (Wildman–Crippen MR) is 95.6 cm³/mol. The summed E-state index contributed by atoms with van der Waals surface area (Å²) in [7, 11) is 0. The second-order valence-corrected chi connectivity index (χ2v) is 7.24. The van der Waals surface area contributed by atoms with Crippen LogP contribution in [0.2, 0.25) is 5.02 Å². The topological polar surface area (TPSA) is 69.9 Å². The average molecular weight is 375 g/mol. The molecule has 1 aliphatic carbocycles. The van der Waals surface area contributed by atoms with Gasteiger partial charge in [-0.05, 0) is 40.8 Å². The Labute approximate surface area is 153 Å². The van der Waals surface area contributed by atoms with Crippen LogP contribution in [0.1, 0.15) is 24.7 Å². The van der Waals surface area contributed by atoms with Crippen LogP contribution in [0.4, 0.5) is 0 Å². The maximum absolute atomic E-state index is 12.1. The molecule has 0 saturated heterocycles. The van der Waals surface area contributed by atoms with E-state index in [1.54, 1.807) is 4.68 Å². The van der Waals surface area contributed by atoms with Gasteiger partial charge in [-0.3, -0.25) is 4.79 Å². The Morgan fingerprint density at radius 1 is 1.28 bits per heavy atom. The third kappa shape index (κ3) is 3.62. The number of halogens is 1. The van der Waals surface area contributed by atoms with Crippen molar-refractivity contribution in [2.24, 2.45) is 0 Å². The van der Waals surface area contributed by atoms with Crippen molar-refractivity contribution in [3.63, 3.8) is 0 Å². The zero-order chi connectivity index (χ0) is 17.2. The van der Waals surface area contributed by atoms with Gasteiger partial charge in [0.2, 0.25) is 0 Å². The van der Waals surface area contributed by atoms with Gasteiger partial charge in [-0.1, -0.05) is 35.9 Å². The molecule has 1 aromatic heterocycles. The number of carbonyl (C=O) groups is 1. The zero-order valence-electron chi connectivity index (χ0n) is 13.3. The van der Waals surface area contributed by atoms with Crippen LogP contribution in [0, 0.1) is 0 Å². The fourth-order valence-corrected chi connectivity index (χ4v) is 3.86. The third-order valence-electron chi connectivity index (χ3n) is 3.98. The maximum atomic E-state index is 12.1. The van der Waals surface area contributed by atoms with Gasteiger partial charge in [0.1, 0.15) is 0 Å². The Hall–Kier alpha value is -2.12.